The number of nitrogens with one attached hydrogen (secondary N) is 2. The van der Waals surface area contributed by atoms with Gasteiger partial charge in [-0.15, -0.1) is 0 Å². The Morgan fingerprint density at radius 2 is 1.79 bits per heavy atom. The molecule has 0 saturated carbocycles. The Hall–Kier alpha value is -3.49. The molecule has 0 aliphatic rings. The van der Waals surface area contributed by atoms with E-state index in [1.165, 1.54) is 31.4 Å². The van der Waals surface area contributed by atoms with Crippen molar-refractivity contribution < 1.29 is 36.0 Å². The van der Waals surface area contributed by atoms with Crippen molar-refractivity contribution in [3.8, 4) is 11.8 Å². The third-order valence-electron chi connectivity index (χ3n) is 3.82. The van der Waals surface area contributed by atoms with Crippen molar-refractivity contribution in [2.75, 3.05) is 11.8 Å². The minimum atomic E-state index is -4.82. The molecule has 0 bridgehead atoms. The summed E-state index contributed by atoms with van der Waals surface area (Å²) in [4.78, 5) is 26.7. The standard InChI is InChI=1S/C18H13ClF3N5O5S/c1-31-26-16(28)15-23-9-24-17(25-15)32-11-4-2-10(3-5-11)27-33(29,30)12-6-7-14(19)13(8-12)18(20,21)22/h2-9,27H,1H3,(H,26,28). The first-order valence-electron chi connectivity index (χ1n) is 8.69. The maximum atomic E-state index is 13.0. The van der Waals surface area contributed by atoms with Crippen LogP contribution in [0.3, 0.4) is 0 Å². The zero-order valence-corrected chi connectivity index (χ0v) is 18.0. The predicted molar refractivity (Wildman–Crippen MR) is 108 cm³/mol. The highest BCUT2D eigenvalue weighted by atomic mass is 35.5. The summed E-state index contributed by atoms with van der Waals surface area (Å²) in [5.41, 5.74) is 0.800. The van der Waals surface area contributed by atoms with E-state index in [2.05, 4.69) is 24.5 Å². The topological polar surface area (TPSA) is 132 Å². The molecule has 0 saturated heterocycles. The number of hydrogen-bond donors (Lipinski definition) is 2. The van der Waals surface area contributed by atoms with Crippen LogP contribution in [0.25, 0.3) is 0 Å². The zero-order chi connectivity index (χ0) is 24.2. The molecule has 0 spiro atoms. The van der Waals surface area contributed by atoms with Gasteiger partial charge >= 0.3 is 18.1 Å². The molecule has 15 heteroatoms. The van der Waals surface area contributed by atoms with Gasteiger partial charge < -0.3 is 4.74 Å². The highest BCUT2D eigenvalue weighted by Gasteiger charge is 2.34. The van der Waals surface area contributed by atoms with Gasteiger partial charge in [-0.25, -0.2) is 18.9 Å². The molecule has 0 atom stereocenters. The minimum Gasteiger partial charge on any atom is -0.424 e. The zero-order valence-electron chi connectivity index (χ0n) is 16.4. The van der Waals surface area contributed by atoms with Crippen LogP contribution in [0.5, 0.6) is 11.8 Å². The van der Waals surface area contributed by atoms with Gasteiger partial charge in [0, 0.05) is 5.69 Å². The number of carbonyl (C=O) groups excluding carboxylic acids is 1. The first kappa shape index (κ1) is 24.2. The number of alkyl halides is 3. The highest BCUT2D eigenvalue weighted by molar-refractivity contribution is 7.92. The molecule has 1 amide bonds. The molecular weight excluding hydrogens is 491 g/mol. The second-order valence-corrected chi connectivity index (χ2v) is 8.19. The van der Waals surface area contributed by atoms with Crippen LogP contribution in [-0.4, -0.2) is 36.4 Å². The normalized spacial score (nSPS) is 11.7. The number of amides is 1. The molecule has 0 radical (unpaired) electrons. The van der Waals surface area contributed by atoms with Crippen molar-refractivity contribution in [2.45, 2.75) is 11.1 Å². The fourth-order valence-electron chi connectivity index (χ4n) is 2.38. The molecule has 0 fully saturated rings. The Labute approximate surface area is 189 Å². The maximum Gasteiger partial charge on any atom is 0.417 e. The molecule has 0 unspecified atom stereocenters. The van der Waals surface area contributed by atoms with E-state index in [9.17, 15) is 26.4 Å². The molecule has 174 valence electrons. The van der Waals surface area contributed by atoms with Gasteiger partial charge in [-0.2, -0.15) is 23.1 Å². The summed E-state index contributed by atoms with van der Waals surface area (Å²) in [6.45, 7) is 0. The Kier molecular flexibility index (Phi) is 7.00. The fraction of sp³-hybridized carbons (Fsp3) is 0.111. The van der Waals surface area contributed by atoms with Gasteiger partial charge in [0.15, 0.2) is 0 Å². The van der Waals surface area contributed by atoms with Gasteiger partial charge in [0.2, 0.25) is 5.82 Å². The Balaban J connectivity index is 1.75. The van der Waals surface area contributed by atoms with E-state index in [0.717, 1.165) is 18.5 Å². The van der Waals surface area contributed by atoms with Crippen LogP contribution in [-0.2, 0) is 21.0 Å². The summed E-state index contributed by atoms with van der Waals surface area (Å²) in [5.74, 6) is -0.828. The van der Waals surface area contributed by atoms with Crippen LogP contribution in [0.15, 0.2) is 53.7 Å². The minimum absolute atomic E-state index is 0.0432. The largest absolute Gasteiger partial charge is 0.424 e. The number of ether oxygens (including phenoxy) is 1. The van der Waals surface area contributed by atoms with E-state index in [1.807, 2.05) is 5.48 Å². The van der Waals surface area contributed by atoms with Crippen LogP contribution in [0.1, 0.15) is 16.2 Å². The number of rotatable bonds is 7. The number of halogens is 4. The summed E-state index contributed by atoms with van der Waals surface area (Å²) >= 11 is 5.53. The van der Waals surface area contributed by atoms with E-state index in [1.54, 1.807) is 0 Å². The quantitative estimate of drug-likeness (QED) is 0.469. The summed E-state index contributed by atoms with van der Waals surface area (Å²) in [6, 6.07) is 7.32. The third-order valence-corrected chi connectivity index (χ3v) is 5.53. The van der Waals surface area contributed by atoms with Gasteiger partial charge in [-0.05, 0) is 42.5 Å². The molecule has 1 heterocycles. The Morgan fingerprint density at radius 3 is 2.42 bits per heavy atom. The van der Waals surface area contributed by atoms with Crippen molar-refractivity contribution in [1.29, 1.82) is 0 Å². The lowest BCUT2D eigenvalue weighted by molar-refractivity contribution is -0.137. The van der Waals surface area contributed by atoms with Crippen LogP contribution in [0.2, 0.25) is 5.02 Å². The lowest BCUT2D eigenvalue weighted by atomic mass is 10.2. The van der Waals surface area contributed by atoms with E-state index in [-0.39, 0.29) is 23.3 Å². The lowest BCUT2D eigenvalue weighted by Gasteiger charge is -2.13. The van der Waals surface area contributed by atoms with Crippen molar-refractivity contribution >= 4 is 33.2 Å². The number of anilines is 1. The van der Waals surface area contributed by atoms with Crippen molar-refractivity contribution in [3.63, 3.8) is 0 Å². The number of hydrogen-bond acceptors (Lipinski definition) is 8. The van der Waals surface area contributed by atoms with Crippen molar-refractivity contribution in [2.24, 2.45) is 0 Å². The van der Waals surface area contributed by atoms with Crippen LogP contribution < -0.4 is 14.9 Å². The van der Waals surface area contributed by atoms with Gasteiger partial charge in [-0.3, -0.25) is 14.4 Å². The highest BCUT2D eigenvalue weighted by Crippen LogP contribution is 2.36. The van der Waals surface area contributed by atoms with Crippen molar-refractivity contribution in [1.82, 2.24) is 20.4 Å². The molecule has 3 aromatic rings. The molecule has 0 aliphatic heterocycles. The Bertz CT molecular complexity index is 1270. The van der Waals surface area contributed by atoms with Gasteiger partial charge in [0.05, 0.1) is 22.6 Å². The Morgan fingerprint density at radius 1 is 1.09 bits per heavy atom. The second kappa shape index (κ2) is 9.56. The smallest absolute Gasteiger partial charge is 0.417 e. The first-order chi connectivity index (χ1) is 15.5. The number of nitrogens with zero attached hydrogens (tertiary/aromatic N) is 3. The van der Waals surface area contributed by atoms with Crippen molar-refractivity contribution in [3.05, 3.63) is 65.2 Å². The van der Waals surface area contributed by atoms with Crippen LogP contribution in [0.4, 0.5) is 18.9 Å². The predicted octanol–water partition coefficient (Wildman–Crippen LogP) is 3.43. The molecule has 10 nitrogen and oxygen atoms in total. The number of hydroxylamine groups is 1. The number of aromatic nitrogens is 3. The molecular formula is C18H13ClF3N5O5S. The van der Waals surface area contributed by atoms with Gasteiger partial charge in [-0.1, -0.05) is 11.6 Å². The number of carbonyl (C=O) groups is 1. The SMILES string of the molecule is CONC(=O)c1ncnc(Oc2ccc(NS(=O)(=O)c3ccc(Cl)c(C(F)(F)F)c3)cc2)n1. The molecule has 3 rings (SSSR count). The monoisotopic (exact) mass is 503 g/mol. The molecule has 2 N–H and O–H groups in total. The van der Waals surface area contributed by atoms with E-state index in [4.69, 9.17) is 16.3 Å². The molecule has 1 aromatic heterocycles. The maximum absolute atomic E-state index is 13.0. The average Bonchev–Trinajstić information content (AvgIpc) is 2.74. The van der Waals surface area contributed by atoms with E-state index in [0.29, 0.717) is 6.07 Å². The summed E-state index contributed by atoms with van der Waals surface area (Å²) in [7, 11) is -3.11. The fourth-order valence-corrected chi connectivity index (χ4v) is 3.69. The summed E-state index contributed by atoms with van der Waals surface area (Å²) < 4.78 is 71.6. The van der Waals surface area contributed by atoms with E-state index >= 15 is 0 Å². The second-order valence-electron chi connectivity index (χ2n) is 6.10. The van der Waals surface area contributed by atoms with E-state index < -0.39 is 37.6 Å². The molecule has 33 heavy (non-hydrogen) atoms. The van der Waals surface area contributed by atoms with Crippen LogP contribution in [0, 0.1) is 0 Å². The summed E-state index contributed by atoms with van der Waals surface area (Å²) in [5, 5.41) is -0.621. The van der Waals surface area contributed by atoms with Crippen LogP contribution >= 0.6 is 11.6 Å². The first-order valence-corrected chi connectivity index (χ1v) is 10.6. The lowest BCUT2D eigenvalue weighted by Crippen LogP contribution is -2.24. The van der Waals surface area contributed by atoms with Gasteiger partial charge in [0.25, 0.3) is 10.0 Å². The molecule has 0 aliphatic carbocycles. The van der Waals surface area contributed by atoms with Gasteiger partial charge in [0.1, 0.15) is 12.1 Å². The average molecular weight is 504 g/mol. The number of benzene rings is 2. The third kappa shape index (κ3) is 6.06. The summed E-state index contributed by atoms with van der Waals surface area (Å²) in [6.07, 6.45) is -3.78. The molecule has 2 aromatic carbocycles. The number of sulfonamides is 1.